The van der Waals surface area contributed by atoms with E-state index in [2.05, 4.69) is 15.8 Å². The number of fused-ring (bicyclic) bond motifs is 3. The predicted octanol–water partition coefficient (Wildman–Crippen LogP) is 0.891. The first-order chi connectivity index (χ1) is 12.1. The molecule has 6 heteroatoms. The summed E-state index contributed by atoms with van der Waals surface area (Å²) in [5, 5.41) is 5.24. The summed E-state index contributed by atoms with van der Waals surface area (Å²) in [4.78, 5) is 27.1. The van der Waals surface area contributed by atoms with E-state index in [1.807, 2.05) is 42.3 Å². The van der Waals surface area contributed by atoms with Gasteiger partial charge in [0.25, 0.3) is 0 Å². The molecule has 2 saturated heterocycles. The highest BCUT2D eigenvalue weighted by Crippen LogP contribution is 2.36. The van der Waals surface area contributed by atoms with Gasteiger partial charge >= 0.3 is 0 Å². The van der Waals surface area contributed by atoms with Gasteiger partial charge in [0.15, 0.2) is 0 Å². The molecule has 25 heavy (non-hydrogen) atoms. The largest absolute Gasteiger partial charge is 0.352 e. The Morgan fingerprint density at radius 3 is 2.80 bits per heavy atom. The van der Waals surface area contributed by atoms with Crippen LogP contribution in [0.15, 0.2) is 30.3 Å². The lowest BCUT2D eigenvalue weighted by atomic mass is 9.79. The van der Waals surface area contributed by atoms with Crippen LogP contribution in [0.4, 0.5) is 0 Å². The van der Waals surface area contributed by atoms with E-state index < -0.39 is 0 Å². The van der Waals surface area contributed by atoms with Crippen LogP contribution in [0.1, 0.15) is 31.2 Å². The van der Waals surface area contributed by atoms with Gasteiger partial charge in [-0.25, -0.2) is 5.01 Å². The zero-order chi connectivity index (χ0) is 17.4. The van der Waals surface area contributed by atoms with Gasteiger partial charge < -0.3 is 10.2 Å². The molecule has 3 aliphatic rings. The van der Waals surface area contributed by atoms with Gasteiger partial charge in [0.05, 0.1) is 0 Å². The smallest absolute Gasteiger partial charge is 0.241 e. The summed E-state index contributed by atoms with van der Waals surface area (Å²) in [6.45, 7) is 1.43. The topological polar surface area (TPSA) is 64.7 Å². The Bertz CT molecular complexity index is 650. The summed E-state index contributed by atoms with van der Waals surface area (Å²) in [5.41, 5.74) is 4.49. The van der Waals surface area contributed by atoms with Crippen molar-refractivity contribution in [3.63, 3.8) is 0 Å². The number of amides is 2. The van der Waals surface area contributed by atoms with Crippen molar-refractivity contribution in [2.75, 3.05) is 13.6 Å². The molecule has 2 aliphatic heterocycles. The maximum atomic E-state index is 12.6. The molecule has 2 N–H and O–H groups in total. The number of rotatable bonds is 3. The second-order valence-corrected chi connectivity index (χ2v) is 7.42. The van der Waals surface area contributed by atoms with Gasteiger partial charge in [-0.2, -0.15) is 0 Å². The molecule has 4 atom stereocenters. The number of piperazine rings is 1. The molecule has 1 aromatic rings. The zero-order valence-corrected chi connectivity index (χ0v) is 14.6. The van der Waals surface area contributed by atoms with Gasteiger partial charge in [0.2, 0.25) is 11.8 Å². The van der Waals surface area contributed by atoms with Crippen LogP contribution in [-0.4, -0.2) is 53.4 Å². The summed E-state index contributed by atoms with van der Waals surface area (Å²) in [6.07, 6.45) is 3.47. The molecule has 1 saturated carbocycles. The summed E-state index contributed by atoms with van der Waals surface area (Å²) in [6, 6.07) is 10.4. The SMILES string of the molecule is CN1C(=O)C2CCNN2C2CCC(C(=O)NCc3ccccc3)CC21. The van der Waals surface area contributed by atoms with E-state index in [9.17, 15) is 9.59 Å². The van der Waals surface area contributed by atoms with Crippen LogP contribution in [0.5, 0.6) is 0 Å². The molecule has 6 nitrogen and oxygen atoms in total. The highest BCUT2D eigenvalue weighted by atomic mass is 16.2. The van der Waals surface area contributed by atoms with E-state index in [-0.39, 0.29) is 29.8 Å². The van der Waals surface area contributed by atoms with Gasteiger partial charge in [0.1, 0.15) is 6.04 Å². The molecule has 3 fully saturated rings. The summed E-state index contributed by atoms with van der Waals surface area (Å²) in [7, 11) is 1.90. The van der Waals surface area contributed by atoms with Crippen LogP contribution in [0.25, 0.3) is 0 Å². The Morgan fingerprint density at radius 1 is 1.20 bits per heavy atom. The Hall–Kier alpha value is -1.92. The maximum absolute atomic E-state index is 12.6. The third-order valence-electron chi connectivity index (χ3n) is 6.00. The van der Waals surface area contributed by atoms with Crippen molar-refractivity contribution in [3.8, 4) is 0 Å². The van der Waals surface area contributed by atoms with E-state index in [1.54, 1.807) is 0 Å². The third kappa shape index (κ3) is 3.04. The average molecular weight is 342 g/mol. The normalized spacial score (nSPS) is 32.2. The van der Waals surface area contributed by atoms with E-state index in [1.165, 1.54) is 0 Å². The second-order valence-electron chi connectivity index (χ2n) is 7.42. The Balaban J connectivity index is 1.39. The minimum atomic E-state index is -0.0188. The fraction of sp³-hybridized carbons (Fsp3) is 0.579. The average Bonchev–Trinajstić information content (AvgIpc) is 3.14. The van der Waals surface area contributed by atoms with Crippen molar-refractivity contribution in [3.05, 3.63) is 35.9 Å². The molecule has 0 radical (unpaired) electrons. The molecular weight excluding hydrogens is 316 g/mol. The molecule has 2 amide bonds. The van der Waals surface area contributed by atoms with Crippen LogP contribution >= 0.6 is 0 Å². The summed E-state index contributed by atoms with van der Waals surface area (Å²) in [5.74, 6) is 0.288. The first-order valence-electron chi connectivity index (χ1n) is 9.25. The number of benzene rings is 1. The van der Waals surface area contributed by atoms with Gasteiger partial charge in [0, 0.05) is 38.1 Å². The lowest BCUT2D eigenvalue weighted by Gasteiger charge is -2.50. The molecule has 4 unspecified atom stereocenters. The minimum Gasteiger partial charge on any atom is -0.352 e. The highest BCUT2D eigenvalue weighted by molar-refractivity contribution is 5.84. The summed E-state index contributed by atoms with van der Waals surface area (Å²) < 4.78 is 0. The fourth-order valence-corrected chi connectivity index (χ4v) is 4.61. The first-order valence-corrected chi connectivity index (χ1v) is 9.25. The molecular formula is C19H26N4O2. The lowest BCUT2D eigenvalue weighted by molar-refractivity contribution is -0.153. The van der Waals surface area contributed by atoms with Crippen LogP contribution in [0.2, 0.25) is 0 Å². The zero-order valence-electron chi connectivity index (χ0n) is 14.6. The molecule has 4 rings (SSSR count). The number of hydrogen-bond acceptors (Lipinski definition) is 4. The molecule has 134 valence electrons. The third-order valence-corrected chi connectivity index (χ3v) is 6.00. The monoisotopic (exact) mass is 342 g/mol. The number of carbonyl (C=O) groups is 2. The maximum Gasteiger partial charge on any atom is 0.241 e. The molecule has 2 heterocycles. The lowest BCUT2D eigenvalue weighted by Crippen LogP contribution is -2.67. The van der Waals surface area contributed by atoms with E-state index in [0.717, 1.165) is 37.8 Å². The first kappa shape index (κ1) is 16.5. The van der Waals surface area contributed by atoms with E-state index in [0.29, 0.717) is 12.6 Å². The van der Waals surface area contributed by atoms with Crippen molar-refractivity contribution < 1.29 is 9.59 Å². The summed E-state index contributed by atoms with van der Waals surface area (Å²) >= 11 is 0. The van der Waals surface area contributed by atoms with Crippen molar-refractivity contribution in [1.82, 2.24) is 20.7 Å². The molecule has 0 spiro atoms. The molecule has 0 aromatic heterocycles. The van der Waals surface area contributed by atoms with Crippen molar-refractivity contribution >= 4 is 11.8 Å². The van der Waals surface area contributed by atoms with Crippen LogP contribution in [0.3, 0.4) is 0 Å². The van der Waals surface area contributed by atoms with Gasteiger partial charge in [-0.05, 0) is 31.2 Å². The van der Waals surface area contributed by atoms with Gasteiger partial charge in [-0.3, -0.25) is 15.0 Å². The number of nitrogens with one attached hydrogen (secondary N) is 2. The number of hydrazine groups is 1. The number of hydrogen-bond donors (Lipinski definition) is 2. The van der Waals surface area contributed by atoms with Crippen LogP contribution < -0.4 is 10.7 Å². The molecule has 0 bridgehead atoms. The van der Waals surface area contributed by atoms with Crippen molar-refractivity contribution in [1.29, 1.82) is 0 Å². The van der Waals surface area contributed by atoms with Crippen molar-refractivity contribution in [2.45, 2.75) is 50.4 Å². The van der Waals surface area contributed by atoms with E-state index >= 15 is 0 Å². The van der Waals surface area contributed by atoms with Crippen LogP contribution in [0, 0.1) is 5.92 Å². The van der Waals surface area contributed by atoms with Crippen LogP contribution in [-0.2, 0) is 16.1 Å². The highest BCUT2D eigenvalue weighted by Gasteiger charge is 2.50. The Labute approximate surface area is 148 Å². The Morgan fingerprint density at radius 2 is 2.00 bits per heavy atom. The molecule has 1 aliphatic carbocycles. The molecule has 1 aromatic carbocycles. The van der Waals surface area contributed by atoms with E-state index in [4.69, 9.17) is 0 Å². The number of nitrogens with zero attached hydrogens (tertiary/aromatic N) is 2. The predicted molar refractivity (Wildman–Crippen MR) is 94.2 cm³/mol. The Kier molecular flexibility index (Phi) is 4.48. The number of carbonyl (C=O) groups excluding carboxylic acids is 2. The number of likely N-dealkylation sites (N-methyl/N-ethyl adjacent to an activating group) is 1. The van der Waals surface area contributed by atoms with Gasteiger partial charge in [-0.15, -0.1) is 0 Å². The fourth-order valence-electron chi connectivity index (χ4n) is 4.61. The van der Waals surface area contributed by atoms with Crippen molar-refractivity contribution in [2.24, 2.45) is 5.92 Å². The second kappa shape index (κ2) is 6.77. The minimum absolute atomic E-state index is 0.0145. The standard InChI is InChI=1S/C19H26N4O2/c1-22-17-11-14(18(24)20-12-13-5-3-2-4-6-13)7-8-15(17)23-16(19(22)25)9-10-21-23/h2-6,14-17,21H,7-12H2,1H3,(H,20,24). The van der Waals surface area contributed by atoms with Gasteiger partial charge in [-0.1, -0.05) is 30.3 Å². The quantitative estimate of drug-likeness (QED) is 0.856.